The van der Waals surface area contributed by atoms with Gasteiger partial charge in [-0.25, -0.2) is 8.78 Å². The van der Waals surface area contributed by atoms with Crippen molar-refractivity contribution in [2.75, 3.05) is 6.86 Å². The van der Waals surface area contributed by atoms with Crippen LogP contribution in [-0.4, -0.2) is 6.86 Å². The van der Waals surface area contributed by atoms with Gasteiger partial charge in [0.2, 0.25) is 6.86 Å². The molecule has 162 valence electrons. The molecule has 0 amide bonds. The van der Waals surface area contributed by atoms with Crippen LogP contribution in [0.2, 0.25) is 0 Å². The van der Waals surface area contributed by atoms with Gasteiger partial charge in [0.1, 0.15) is 11.6 Å². The van der Waals surface area contributed by atoms with Gasteiger partial charge in [0.15, 0.2) is 0 Å². The second kappa shape index (κ2) is 10.1. The van der Waals surface area contributed by atoms with Gasteiger partial charge in [-0.2, -0.15) is 0 Å². The number of alkyl halides is 1. The topological polar surface area (TPSA) is 9.23 Å². The van der Waals surface area contributed by atoms with Crippen LogP contribution in [0, 0.1) is 11.7 Å². The van der Waals surface area contributed by atoms with Gasteiger partial charge in [-0.3, -0.25) is 0 Å². The Bertz CT molecular complexity index is 971. The SMILES string of the molecule is CCCC1CCC(c2ccc(-c3ccc(-c4ccc(OCF)cc4)c(F)c3)cc2)CC1. The van der Waals surface area contributed by atoms with Gasteiger partial charge < -0.3 is 4.74 Å². The van der Waals surface area contributed by atoms with Gasteiger partial charge in [-0.15, -0.1) is 0 Å². The van der Waals surface area contributed by atoms with Crippen molar-refractivity contribution < 1.29 is 13.5 Å². The molecule has 1 saturated carbocycles. The Hall–Kier alpha value is -2.68. The van der Waals surface area contributed by atoms with Crippen molar-refractivity contribution in [1.82, 2.24) is 0 Å². The minimum absolute atomic E-state index is 0.269. The van der Waals surface area contributed by atoms with Crippen molar-refractivity contribution in [2.45, 2.75) is 51.4 Å². The quantitative estimate of drug-likeness (QED) is 0.372. The summed E-state index contributed by atoms with van der Waals surface area (Å²) in [6.45, 7) is 1.40. The zero-order valence-electron chi connectivity index (χ0n) is 18.1. The summed E-state index contributed by atoms with van der Waals surface area (Å²) in [5.74, 6) is 1.73. The summed E-state index contributed by atoms with van der Waals surface area (Å²) >= 11 is 0. The van der Waals surface area contributed by atoms with E-state index in [0.717, 1.165) is 22.6 Å². The summed E-state index contributed by atoms with van der Waals surface area (Å²) in [5.41, 5.74) is 4.57. The number of hydrogen-bond acceptors (Lipinski definition) is 1. The molecule has 1 nitrogen and oxygen atoms in total. The van der Waals surface area contributed by atoms with E-state index in [1.807, 2.05) is 6.07 Å². The average Bonchev–Trinajstić information content (AvgIpc) is 2.81. The Morgan fingerprint density at radius 3 is 2.06 bits per heavy atom. The summed E-state index contributed by atoms with van der Waals surface area (Å²) in [6.07, 6.45) is 7.90. The molecule has 4 rings (SSSR count). The van der Waals surface area contributed by atoms with Crippen LogP contribution in [0.5, 0.6) is 5.75 Å². The third-order valence-corrected chi connectivity index (χ3v) is 6.61. The minimum atomic E-state index is -0.874. The van der Waals surface area contributed by atoms with Crippen LogP contribution in [-0.2, 0) is 0 Å². The van der Waals surface area contributed by atoms with E-state index in [9.17, 15) is 8.78 Å². The lowest BCUT2D eigenvalue weighted by Gasteiger charge is -2.28. The molecular formula is C28H30F2O. The zero-order chi connectivity index (χ0) is 21.6. The monoisotopic (exact) mass is 420 g/mol. The maximum absolute atomic E-state index is 14.8. The molecule has 1 fully saturated rings. The number of benzene rings is 3. The first-order valence-corrected chi connectivity index (χ1v) is 11.4. The van der Waals surface area contributed by atoms with Crippen LogP contribution in [0.25, 0.3) is 22.3 Å². The van der Waals surface area contributed by atoms with E-state index in [4.69, 9.17) is 4.74 Å². The molecule has 3 aromatic rings. The number of hydrogen-bond donors (Lipinski definition) is 0. The van der Waals surface area contributed by atoms with Gasteiger partial charge in [-0.1, -0.05) is 68.3 Å². The van der Waals surface area contributed by atoms with E-state index >= 15 is 0 Å². The predicted octanol–water partition coefficient (Wildman–Crippen LogP) is 8.54. The third-order valence-electron chi connectivity index (χ3n) is 6.61. The number of rotatable bonds is 7. The first kappa shape index (κ1) is 21.5. The molecule has 0 atom stereocenters. The average molecular weight is 421 g/mol. The standard InChI is InChI=1S/C28H30F2O/c1-2-3-20-4-6-21(7-5-20)22-8-10-23(11-9-22)25-14-17-27(28(30)18-25)24-12-15-26(16-13-24)31-19-29/h8-18,20-21H,2-7,19H2,1H3. The Labute approximate surface area is 184 Å². The Morgan fingerprint density at radius 1 is 0.806 bits per heavy atom. The molecule has 31 heavy (non-hydrogen) atoms. The number of halogens is 2. The second-order valence-corrected chi connectivity index (χ2v) is 8.60. The molecule has 0 N–H and O–H groups in total. The van der Waals surface area contributed by atoms with Crippen molar-refractivity contribution >= 4 is 0 Å². The molecule has 1 aliphatic rings. The molecule has 0 heterocycles. The second-order valence-electron chi connectivity index (χ2n) is 8.60. The fourth-order valence-corrected chi connectivity index (χ4v) is 4.86. The van der Waals surface area contributed by atoms with E-state index in [0.29, 0.717) is 17.2 Å². The van der Waals surface area contributed by atoms with Crippen molar-refractivity contribution in [2.24, 2.45) is 5.92 Å². The van der Waals surface area contributed by atoms with Crippen LogP contribution in [0.15, 0.2) is 66.7 Å². The fraction of sp³-hybridized carbons (Fsp3) is 0.357. The molecule has 0 radical (unpaired) electrons. The van der Waals surface area contributed by atoms with Gasteiger partial charge in [-0.05, 0) is 78.0 Å². The summed E-state index contributed by atoms with van der Waals surface area (Å²) < 4.78 is 31.9. The molecule has 1 aliphatic carbocycles. The Kier molecular flexibility index (Phi) is 7.01. The van der Waals surface area contributed by atoms with Crippen molar-refractivity contribution in [1.29, 1.82) is 0 Å². The van der Waals surface area contributed by atoms with E-state index in [2.05, 4.69) is 31.2 Å². The van der Waals surface area contributed by atoms with Crippen molar-refractivity contribution in [3.8, 4) is 28.0 Å². The fourth-order valence-electron chi connectivity index (χ4n) is 4.86. The van der Waals surface area contributed by atoms with Crippen LogP contribution >= 0.6 is 0 Å². The van der Waals surface area contributed by atoms with E-state index in [1.54, 1.807) is 36.4 Å². The van der Waals surface area contributed by atoms with Gasteiger partial charge >= 0.3 is 0 Å². The molecule has 0 aliphatic heterocycles. The maximum Gasteiger partial charge on any atom is 0.228 e. The van der Waals surface area contributed by atoms with Gasteiger partial charge in [0.25, 0.3) is 0 Å². The molecule has 0 aromatic heterocycles. The van der Waals surface area contributed by atoms with Crippen molar-refractivity contribution in [3.05, 3.63) is 78.1 Å². The summed E-state index contributed by atoms with van der Waals surface area (Å²) in [5, 5.41) is 0. The first-order chi connectivity index (χ1) is 15.2. The van der Waals surface area contributed by atoms with E-state index < -0.39 is 6.86 Å². The molecule has 3 heteroatoms. The first-order valence-electron chi connectivity index (χ1n) is 11.4. The van der Waals surface area contributed by atoms with Crippen molar-refractivity contribution in [3.63, 3.8) is 0 Å². The summed E-state index contributed by atoms with van der Waals surface area (Å²) in [4.78, 5) is 0. The molecule has 3 aromatic carbocycles. The highest BCUT2D eigenvalue weighted by Crippen LogP contribution is 2.38. The lowest BCUT2D eigenvalue weighted by Crippen LogP contribution is -2.13. The lowest BCUT2D eigenvalue weighted by molar-refractivity contribution is 0.192. The molecule has 0 unspecified atom stereocenters. The van der Waals surface area contributed by atoms with E-state index in [-0.39, 0.29) is 5.82 Å². The van der Waals surface area contributed by atoms with E-state index in [1.165, 1.54) is 44.1 Å². The molecule has 0 saturated heterocycles. The van der Waals surface area contributed by atoms with Crippen LogP contribution in [0.1, 0.15) is 56.9 Å². The highest BCUT2D eigenvalue weighted by molar-refractivity contribution is 5.71. The lowest BCUT2D eigenvalue weighted by atomic mass is 9.77. The van der Waals surface area contributed by atoms with Crippen LogP contribution in [0.4, 0.5) is 8.78 Å². The van der Waals surface area contributed by atoms with Gasteiger partial charge in [0, 0.05) is 5.56 Å². The molecular weight excluding hydrogens is 390 g/mol. The van der Waals surface area contributed by atoms with Gasteiger partial charge in [0.05, 0.1) is 0 Å². The minimum Gasteiger partial charge on any atom is -0.463 e. The van der Waals surface area contributed by atoms with Crippen LogP contribution in [0.3, 0.4) is 0 Å². The summed E-state index contributed by atoms with van der Waals surface area (Å²) in [6, 6.07) is 20.8. The highest BCUT2D eigenvalue weighted by Gasteiger charge is 2.21. The predicted molar refractivity (Wildman–Crippen MR) is 123 cm³/mol. The third kappa shape index (κ3) is 5.15. The largest absolute Gasteiger partial charge is 0.463 e. The Balaban J connectivity index is 1.46. The zero-order valence-corrected chi connectivity index (χ0v) is 18.1. The maximum atomic E-state index is 14.8. The molecule has 0 bridgehead atoms. The molecule has 0 spiro atoms. The number of ether oxygens (including phenoxy) is 1. The summed E-state index contributed by atoms with van der Waals surface area (Å²) in [7, 11) is 0. The normalized spacial score (nSPS) is 18.7. The Morgan fingerprint density at radius 2 is 1.45 bits per heavy atom. The van der Waals surface area contributed by atoms with Crippen LogP contribution < -0.4 is 4.74 Å². The highest BCUT2D eigenvalue weighted by atomic mass is 19.1. The smallest absolute Gasteiger partial charge is 0.228 e.